The van der Waals surface area contributed by atoms with E-state index in [1.807, 2.05) is 61.5 Å². The molecule has 3 aromatic rings. The van der Waals surface area contributed by atoms with Crippen LogP contribution in [0.5, 0.6) is 0 Å². The number of halogens is 1. The van der Waals surface area contributed by atoms with Crippen molar-refractivity contribution < 1.29 is 9.59 Å². The molecule has 0 radical (unpaired) electrons. The molecule has 0 aliphatic carbocycles. The third-order valence-corrected chi connectivity index (χ3v) is 5.00. The number of para-hydroxylation sites is 2. The zero-order valence-electron chi connectivity index (χ0n) is 15.8. The number of carbonyl (C=O) groups is 2. The van der Waals surface area contributed by atoms with Crippen molar-refractivity contribution in [2.24, 2.45) is 0 Å². The largest absolute Gasteiger partial charge is 0.322 e. The topological polar surface area (TPSA) is 49.4 Å². The van der Waals surface area contributed by atoms with E-state index in [2.05, 4.69) is 21.2 Å². The van der Waals surface area contributed by atoms with E-state index in [-0.39, 0.29) is 11.8 Å². The maximum Gasteiger partial charge on any atom is 0.257 e. The first-order valence-corrected chi connectivity index (χ1v) is 9.73. The molecule has 0 saturated carbocycles. The predicted molar refractivity (Wildman–Crippen MR) is 117 cm³/mol. The van der Waals surface area contributed by atoms with Crippen LogP contribution in [0, 0.1) is 6.92 Å². The summed E-state index contributed by atoms with van der Waals surface area (Å²) in [4.78, 5) is 27.0. The number of benzene rings is 3. The second kappa shape index (κ2) is 8.85. The van der Waals surface area contributed by atoms with Crippen molar-refractivity contribution in [1.29, 1.82) is 0 Å². The van der Waals surface area contributed by atoms with E-state index in [0.29, 0.717) is 17.8 Å². The molecule has 0 bridgehead atoms. The lowest BCUT2D eigenvalue weighted by Crippen LogP contribution is -2.30. The first-order chi connectivity index (χ1) is 13.5. The molecule has 0 atom stereocenters. The standard InChI is InChI=1S/C23H21BrN2O2/c1-16-7-3-5-9-21(16)25-23(28)20-8-4-6-10-22(20)26(17(2)27)15-18-11-13-19(24)14-12-18/h3-14H,15H2,1-2H3,(H,25,28). The van der Waals surface area contributed by atoms with Crippen LogP contribution in [0.1, 0.15) is 28.4 Å². The Bertz CT molecular complexity index is 999. The van der Waals surface area contributed by atoms with Crippen molar-refractivity contribution in [3.05, 3.63) is 94.0 Å². The molecule has 0 aliphatic heterocycles. The normalized spacial score (nSPS) is 10.4. The van der Waals surface area contributed by atoms with Crippen molar-refractivity contribution >= 4 is 39.1 Å². The average molecular weight is 437 g/mol. The highest BCUT2D eigenvalue weighted by atomic mass is 79.9. The highest BCUT2D eigenvalue weighted by Crippen LogP contribution is 2.25. The molecule has 0 fully saturated rings. The zero-order valence-corrected chi connectivity index (χ0v) is 17.4. The van der Waals surface area contributed by atoms with E-state index in [9.17, 15) is 9.59 Å². The van der Waals surface area contributed by atoms with Crippen LogP contribution in [0.2, 0.25) is 0 Å². The minimum atomic E-state index is -0.244. The number of nitrogens with one attached hydrogen (secondary N) is 1. The van der Waals surface area contributed by atoms with Crippen LogP contribution >= 0.6 is 15.9 Å². The fourth-order valence-corrected chi connectivity index (χ4v) is 3.21. The fraction of sp³-hybridized carbons (Fsp3) is 0.130. The van der Waals surface area contributed by atoms with Crippen molar-refractivity contribution in [2.75, 3.05) is 10.2 Å². The van der Waals surface area contributed by atoms with Gasteiger partial charge in [-0.3, -0.25) is 9.59 Å². The molecule has 3 aromatic carbocycles. The highest BCUT2D eigenvalue weighted by Gasteiger charge is 2.20. The van der Waals surface area contributed by atoms with Crippen LogP contribution in [-0.4, -0.2) is 11.8 Å². The zero-order chi connectivity index (χ0) is 20.1. The van der Waals surface area contributed by atoms with E-state index in [1.54, 1.807) is 23.1 Å². The van der Waals surface area contributed by atoms with Crippen molar-refractivity contribution in [3.8, 4) is 0 Å². The number of aryl methyl sites for hydroxylation is 1. The van der Waals surface area contributed by atoms with Crippen LogP contribution in [0.15, 0.2) is 77.3 Å². The van der Waals surface area contributed by atoms with Gasteiger partial charge in [0, 0.05) is 17.1 Å². The molecular formula is C23H21BrN2O2. The molecule has 4 nitrogen and oxygen atoms in total. The second-order valence-corrected chi connectivity index (χ2v) is 7.43. The van der Waals surface area contributed by atoms with E-state index < -0.39 is 0 Å². The van der Waals surface area contributed by atoms with Gasteiger partial charge in [0.15, 0.2) is 0 Å². The van der Waals surface area contributed by atoms with Gasteiger partial charge in [0.25, 0.3) is 5.91 Å². The van der Waals surface area contributed by atoms with Crippen LogP contribution in [0.25, 0.3) is 0 Å². The molecule has 0 aromatic heterocycles. The first kappa shape index (κ1) is 19.8. The summed E-state index contributed by atoms with van der Waals surface area (Å²) in [6.45, 7) is 3.84. The van der Waals surface area contributed by atoms with Gasteiger partial charge >= 0.3 is 0 Å². The monoisotopic (exact) mass is 436 g/mol. The van der Waals surface area contributed by atoms with Gasteiger partial charge in [0.2, 0.25) is 5.91 Å². The number of carbonyl (C=O) groups excluding carboxylic acids is 2. The quantitative estimate of drug-likeness (QED) is 0.568. The summed E-state index contributed by atoms with van der Waals surface area (Å²) in [5.74, 6) is -0.369. The summed E-state index contributed by atoms with van der Waals surface area (Å²) < 4.78 is 0.976. The van der Waals surface area contributed by atoms with Gasteiger partial charge in [-0.1, -0.05) is 58.4 Å². The van der Waals surface area contributed by atoms with Gasteiger partial charge in [-0.05, 0) is 48.4 Å². The molecular weight excluding hydrogens is 416 g/mol. The van der Waals surface area contributed by atoms with Gasteiger partial charge in [0.1, 0.15) is 0 Å². The average Bonchev–Trinajstić information content (AvgIpc) is 2.69. The van der Waals surface area contributed by atoms with Gasteiger partial charge in [-0.2, -0.15) is 0 Å². The summed E-state index contributed by atoms with van der Waals surface area (Å²) in [5.41, 5.74) is 3.76. The molecule has 0 aliphatic rings. The maximum absolute atomic E-state index is 13.0. The van der Waals surface area contributed by atoms with Crippen LogP contribution in [-0.2, 0) is 11.3 Å². The van der Waals surface area contributed by atoms with Crippen molar-refractivity contribution in [3.63, 3.8) is 0 Å². The smallest absolute Gasteiger partial charge is 0.257 e. The lowest BCUT2D eigenvalue weighted by atomic mass is 10.1. The summed E-state index contributed by atoms with van der Waals surface area (Å²) in [6, 6.07) is 22.6. The minimum absolute atomic E-state index is 0.126. The van der Waals surface area contributed by atoms with Crippen LogP contribution in [0.4, 0.5) is 11.4 Å². The van der Waals surface area contributed by atoms with Crippen LogP contribution in [0.3, 0.4) is 0 Å². The maximum atomic E-state index is 13.0. The van der Waals surface area contributed by atoms with Gasteiger partial charge in [-0.15, -0.1) is 0 Å². The third-order valence-electron chi connectivity index (χ3n) is 4.47. The van der Waals surface area contributed by atoms with Gasteiger partial charge in [0.05, 0.1) is 17.8 Å². The molecule has 142 valence electrons. The predicted octanol–water partition coefficient (Wildman–Crippen LogP) is 5.56. The molecule has 28 heavy (non-hydrogen) atoms. The Morgan fingerprint density at radius 1 is 0.929 bits per heavy atom. The number of rotatable bonds is 5. The van der Waals surface area contributed by atoms with Crippen molar-refractivity contribution in [2.45, 2.75) is 20.4 Å². The molecule has 0 saturated heterocycles. The molecule has 2 amide bonds. The molecule has 1 N–H and O–H groups in total. The Morgan fingerprint density at radius 3 is 2.25 bits per heavy atom. The Labute approximate surface area is 173 Å². The van der Waals surface area contributed by atoms with Crippen molar-refractivity contribution in [1.82, 2.24) is 0 Å². The second-order valence-electron chi connectivity index (χ2n) is 6.52. The SMILES string of the molecule is CC(=O)N(Cc1ccc(Br)cc1)c1ccccc1C(=O)Nc1ccccc1C. The number of hydrogen-bond acceptors (Lipinski definition) is 2. The molecule has 0 heterocycles. The molecule has 0 spiro atoms. The van der Waals surface area contributed by atoms with Gasteiger partial charge < -0.3 is 10.2 Å². The number of amides is 2. The van der Waals surface area contributed by atoms with Gasteiger partial charge in [-0.25, -0.2) is 0 Å². The Morgan fingerprint density at radius 2 is 1.57 bits per heavy atom. The summed E-state index contributed by atoms with van der Waals surface area (Å²) in [6.07, 6.45) is 0. The Hall–Kier alpha value is -2.92. The number of nitrogens with zero attached hydrogens (tertiary/aromatic N) is 1. The molecule has 3 rings (SSSR count). The Balaban J connectivity index is 1.92. The fourth-order valence-electron chi connectivity index (χ4n) is 2.94. The lowest BCUT2D eigenvalue weighted by molar-refractivity contribution is -0.116. The molecule has 5 heteroatoms. The van der Waals surface area contributed by atoms with E-state index >= 15 is 0 Å². The van der Waals surface area contributed by atoms with E-state index in [1.165, 1.54) is 6.92 Å². The van der Waals surface area contributed by atoms with Crippen LogP contribution < -0.4 is 10.2 Å². The van der Waals surface area contributed by atoms with E-state index in [4.69, 9.17) is 0 Å². The Kier molecular flexibility index (Phi) is 6.26. The molecule has 0 unspecified atom stereocenters. The number of anilines is 2. The highest BCUT2D eigenvalue weighted by molar-refractivity contribution is 9.10. The van der Waals surface area contributed by atoms with E-state index in [0.717, 1.165) is 21.3 Å². The number of hydrogen-bond donors (Lipinski definition) is 1. The summed E-state index contributed by atoms with van der Waals surface area (Å²) in [7, 11) is 0. The third kappa shape index (κ3) is 4.67. The minimum Gasteiger partial charge on any atom is -0.322 e. The summed E-state index contributed by atoms with van der Waals surface area (Å²) >= 11 is 3.42. The summed E-state index contributed by atoms with van der Waals surface area (Å²) in [5, 5.41) is 2.95. The first-order valence-electron chi connectivity index (χ1n) is 8.94. The lowest BCUT2D eigenvalue weighted by Gasteiger charge is -2.24.